The Bertz CT molecular complexity index is 351. The summed E-state index contributed by atoms with van der Waals surface area (Å²) in [5.41, 5.74) is 1.71. The summed E-state index contributed by atoms with van der Waals surface area (Å²) in [7, 11) is 2.02. The van der Waals surface area contributed by atoms with Crippen LogP contribution in [-0.4, -0.2) is 18.6 Å². The lowest BCUT2D eigenvalue weighted by Gasteiger charge is -2.26. The van der Waals surface area contributed by atoms with Crippen LogP contribution in [0.4, 0.5) is 0 Å². The van der Waals surface area contributed by atoms with Crippen LogP contribution in [0.5, 0.6) is 0 Å². The molecule has 0 spiro atoms. The highest BCUT2D eigenvalue weighted by Crippen LogP contribution is 2.30. The molecule has 1 aromatic heterocycles. The lowest BCUT2D eigenvalue weighted by atomic mass is 9.84. The fourth-order valence-electron chi connectivity index (χ4n) is 1.84. The van der Waals surface area contributed by atoms with Crippen molar-refractivity contribution in [3.8, 4) is 0 Å². The Morgan fingerprint density at radius 2 is 1.94 bits per heavy atom. The molecule has 1 heterocycles. The molecule has 1 aromatic rings. The highest BCUT2D eigenvalue weighted by molar-refractivity contribution is 7.09. The lowest BCUT2D eigenvalue weighted by Crippen LogP contribution is -2.31. The van der Waals surface area contributed by atoms with Crippen LogP contribution in [-0.2, 0) is 11.8 Å². The molecule has 0 saturated carbocycles. The van der Waals surface area contributed by atoms with Gasteiger partial charge in [0.15, 0.2) is 0 Å². The maximum atomic E-state index is 4.79. The number of hydrogen-bond donors (Lipinski definition) is 1. The molecule has 2 nitrogen and oxygen atoms in total. The second kappa shape index (κ2) is 5.49. The number of nitrogens with one attached hydrogen (secondary N) is 1. The van der Waals surface area contributed by atoms with Crippen LogP contribution in [0.2, 0.25) is 0 Å². The van der Waals surface area contributed by atoms with E-state index >= 15 is 0 Å². The normalized spacial score (nSPS) is 15.9. The molecule has 0 aliphatic heterocycles. The van der Waals surface area contributed by atoms with Crippen LogP contribution in [0.15, 0.2) is 5.38 Å². The third-order valence-corrected chi connectivity index (χ3v) is 4.20. The predicted octanol–water partition coefficient (Wildman–Crippen LogP) is 3.62. The molecule has 0 saturated heterocycles. The zero-order valence-electron chi connectivity index (χ0n) is 12.1. The number of hydrogen-bond acceptors (Lipinski definition) is 3. The minimum atomic E-state index is 0.167. The van der Waals surface area contributed by atoms with Crippen molar-refractivity contribution in [1.82, 2.24) is 10.3 Å². The maximum Gasteiger partial charge on any atom is 0.0934 e. The Balaban J connectivity index is 2.78. The summed E-state index contributed by atoms with van der Waals surface area (Å²) in [6.07, 6.45) is 2.25. The minimum Gasteiger partial charge on any atom is -0.319 e. The first-order chi connectivity index (χ1) is 7.80. The first kappa shape index (κ1) is 14.7. The number of rotatable bonds is 5. The Morgan fingerprint density at radius 3 is 2.35 bits per heavy atom. The Kier molecular flexibility index (Phi) is 4.73. The molecule has 0 fully saturated rings. The molecule has 0 aliphatic carbocycles. The first-order valence-electron chi connectivity index (χ1n) is 6.40. The fraction of sp³-hybridized carbons (Fsp3) is 0.786. The van der Waals surface area contributed by atoms with E-state index in [0.29, 0.717) is 5.41 Å². The van der Waals surface area contributed by atoms with E-state index in [1.54, 1.807) is 11.3 Å². The molecule has 0 radical (unpaired) electrons. The van der Waals surface area contributed by atoms with Crippen molar-refractivity contribution in [3.63, 3.8) is 0 Å². The molecule has 1 rings (SSSR count). The van der Waals surface area contributed by atoms with Gasteiger partial charge in [-0.2, -0.15) is 0 Å². The third-order valence-electron chi connectivity index (χ3n) is 3.36. The second-order valence-electron chi connectivity index (χ2n) is 6.25. The topological polar surface area (TPSA) is 24.9 Å². The van der Waals surface area contributed by atoms with Crippen molar-refractivity contribution in [2.75, 3.05) is 13.6 Å². The van der Waals surface area contributed by atoms with Crippen molar-refractivity contribution < 1.29 is 0 Å². The van der Waals surface area contributed by atoms with Gasteiger partial charge in [0.05, 0.1) is 10.7 Å². The van der Waals surface area contributed by atoms with E-state index in [1.165, 1.54) is 17.1 Å². The Hall–Kier alpha value is -0.410. The van der Waals surface area contributed by atoms with Gasteiger partial charge >= 0.3 is 0 Å². The van der Waals surface area contributed by atoms with Gasteiger partial charge in [0.2, 0.25) is 0 Å². The standard InChI is InChI=1S/C14H26N2S/c1-7-14(5,10-15-6)8-12-16-11(9-17-12)13(2,3)4/h9,15H,7-8,10H2,1-6H3. The smallest absolute Gasteiger partial charge is 0.0934 e. The Morgan fingerprint density at radius 1 is 1.29 bits per heavy atom. The summed E-state index contributed by atoms with van der Waals surface area (Å²) in [5.74, 6) is 0. The highest BCUT2D eigenvalue weighted by Gasteiger charge is 2.25. The molecule has 98 valence electrons. The monoisotopic (exact) mass is 254 g/mol. The molecule has 1 unspecified atom stereocenters. The molecule has 0 amide bonds. The molecule has 1 N–H and O–H groups in total. The molecule has 0 aliphatic rings. The maximum absolute atomic E-state index is 4.79. The van der Waals surface area contributed by atoms with Crippen molar-refractivity contribution in [1.29, 1.82) is 0 Å². The highest BCUT2D eigenvalue weighted by atomic mass is 32.1. The molecule has 1 atom stereocenters. The van der Waals surface area contributed by atoms with Gasteiger partial charge in [0.25, 0.3) is 0 Å². The van der Waals surface area contributed by atoms with Crippen molar-refractivity contribution in [2.45, 2.75) is 52.9 Å². The quantitative estimate of drug-likeness (QED) is 0.868. The van der Waals surface area contributed by atoms with Crippen molar-refractivity contribution in [2.24, 2.45) is 5.41 Å². The van der Waals surface area contributed by atoms with Crippen LogP contribution in [0.1, 0.15) is 51.7 Å². The van der Waals surface area contributed by atoms with Crippen molar-refractivity contribution in [3.05, 3.63) is 16.1 Å². The summed E-state index contributed by atoms with van der Waals surface area (Å²) in [4.78, 5) is 4.79. The zero-order chi connectivity index (χ0) is 13.1. The Labute approximate surface area is 110 Å². The summed E-state index contributed by atoms with van der Waals surface area (Å²) >= 11 is 1.81. The van der Waals surface area contributed by atoms with E-state index in [1.807, 2.05) is 7.05 Å². The van der Waals surface area contributed by atoms with Crippen LogP contribution in [0.3, 0.4) is 0 Å². The van der Waals surface area contributed by atoms with Gasteiger partial charge in [-0.05, 0) is 18.9 Å². The van der Waals surface area contributed by atoms with E-state index in [4.69, 9.17) is 4.98 Å². The van der Waals surface area contributed by atoms with Gasteiger partial charge in [-0.25, -0.2) is 4.98 Å². The first-order valence-corrected chi connectivity index (χ1v) is 7.28. The summed E-state index contributed by atoms with van der Waals surface area (Å²) < 4.78 is 0. The summed E-state index contributed by atoms with van der Waals surface area (Å²) in [5, 5.41) is 6.78. The van der Waals surface area contributed by atoms with Crippen molar-refractivity contribution >= 4 is 11.3 Å². The molecule has 0 bridgehead atoms. The SMILES string of the molecule is CCC(C)(CNC)Cc1nc(C(C)(C)C)cs1. The number of aromatic nitrogens is 1. The largest absolute Gasteiger partial charge is 0.319 e. The average molecular weight is 254 g/mol. The van der Waals surface area contributed by atoms with E-state index < -0.39 is 0 Å². The second-order valence-corrected chi connectivity index (χ2v) is 7.19. The van der Waals surface area contributed by atoms with E-state index in [2.05, 4.69) is 45.3 Å². The van der Waals surface area contributed by atoms with Gasteiger partial charge in [-0.3, -0.25) is 0 Å². The molecule has 3 heteroatoms. The van der Waals surface area contributed by atoms with E-state index in [9.17, 15) is 0 Å². The number of nitrogens with zero attached hydrogens (tertiary/aromatic N) is 1. The summed E-state index contributed by atoms with van der Waals surface area (Å²) in [6.45, 7) is 12.3. The summed E-state index contributed by atoms with van der Waals surface area (Å²) in [6, 6.07) is 0. The van der Waals surface area contributed by atoms with Gasteiger partial charge in [-0.15, -0.1) is 11.3 Å². The van der Waals surface area contributed by atoms with Crippen LogP contribution < -0.4 is 5.32 Å². The average Bonchev–Trinajstić information content (AvgIpc) is 2.66. The van der Waals surface area contributed by atoms with Gasteiger partial charge in [-0.1, -0.05) is 34.6 Å². The van der Waals surface area contributed by atoms with Gasteiger partial charge < -0.3 is 5.32 Å². The molecule has 0 aromatic carbocycles. The van der Waals surface area contributed by atoms with Gasteiger partial charge in [0, 0.05) is 23.8 Å². The predicted molar refractivity (Wildman–Crippen MR) is 76.8 cm³/mol. The molecule has 17 heavy (non-hydrogen) atoms. The van der Waals surface area contributed by atoms with E-state index in [-0.39, 0.29) is 5.41 Å². The van der Waals surface area contributed by atoms with E-state index in [0.717, 1.165) is 13.0 Å². The zero-order valence-corrected chi connectivity index (χ0v) is 12.9. The third kappa shape index (κ3) is 4.07. The minimum absolute atomic E-state index is 0.167. The molecular formula is C14H26N2S. The van der Waals surface area contributed by atoms with Crippen LogP contribution in [0.25, 0.3) is 0 Å². The fourth-order valence-corrected chi connectivity index (χ4v) is 3.08. The number of thiazole rings is 1. The molecular weight excluding hydrogens is 228 g/mol. The van der Waals surface area contributed by atoms with Gasteiger partial charge in [0.1, 0.15) is 0 Å². The van der Waals surface area contributed by atoms with Crippen LogP contribution in [0, 0.1) is 5.41 Å². The lowest BCUT2D eigenvalue weighted by molar-refractivity contribution is 0.298. The van der Waals surface area contributed by atoms with Crippen LogP contribution >= 0.6 is 11.3 Å².